The Hall–Kier alpha value is -0.410. The van der Waals surface area contributed by atoms with Gasteiger partial charge in [-0.3, -0.25) is 0 Å². The maximum atomic E-state index is 5.24. The number of furan rings is 1. The first-order valence-corrected chi connectivity index (χ1v) is 6.10. The summed E-state index contributed by atoms with van der Waals surface area (Å²) in [7, 11) is 0. The molecule has 2 nitrogen and oxygen atoms in total. The van der Waals surface area contributed by atoms with Crippen LogP contribution in [0.1, 0.15) is 19.6 Å². The lowest BCUT2D eigenvalue weighted by molar-refractivity contribution is 0.526. The molecule has 0 fully saturated rings. The Labute approximate surface area is 90.5 Å². The number of thioether (sulfide) groups is 1. The Morgan fingerprint density at radius 2 is 2.36 bits per heavy atom. The first kappa shape index (κ1) is 11.7. The Morgan fingerprint density at radius 3 is 2.93 bits per heavy atom. The zero-order chi connectivity index (χ0) is 10.4. The number of rotatable bonds is 6. The molecular weight excluding hydrogens is 194 g/mol. The highest BCUT2D eigenvalue weighted by Crippen LogP contribution is 2.24. The van der Waals surface area contributed by atoms with Crippen LogP contribution in [0.3, 0.4) is 0 Å². The van der Waals surface area contributed by atoms with Crippen molar-refractivity contribution >= 4 is 11.8 Å². The van der Waals surface area contributed by atoms with Crippen molar-refractivity contribution in [3.8, 4) is 0 Å². The summed E-state index contributed by atoms with van der Waals surface area (Å²) in [6, 6.07) is 2.04. The lowest BCUT2D eigenvalue weighted by atomic mass is 10.2. The first-order valence-electron chi connectivity index (χ1n) is 5.11. The second-order valence-electron chi connectivity index (χ2n) is 3.56. The van der Waals surface area contributed by atoms with E-state index in [9.17, 15) is 0 Å². The van der Waals surface area contributed by atoms with Gasteiger partial charge in [0, 0.05) is 10.6 Å². The molecule has 0 saturated carbocycles. The van der Waals surface area contributed by atoms with Gasteiger partial charge in [-0.15, -0.1) is 11.8 Å². The minimum absolute atomic E-state index is 0.703. The third kappa shape index (κ3) is 3.76. The molecule has 1 heterocycles. The fourth-order valence-electron chi connectivity index (χ4n) is 1.20. The number of nitrogens with one attached hydrogen (secondary N) is 1. The van der Waals surface area contributed by atoms with Crippen LogP contribution in [-0.2, 0) is 0 Å². The highest BCUT2D eigenvalue weighted by Gasteiger charge is 2.05. The monoisotopic (exact) mass is 213 g/mol. The van der Waals surface area contributed by atoms with Crippen LogP contribution in [0.4, 0.5) is 0 Å². The second-order valence-corrected chi connectivity index (χ2v) is 4.63. The quantitative estimate of drug-likeness (QED) is 0.736. The van der Waals surface area contributed by atoms with Gasteiger partial charge in [-0.2, -0.15) is 0 Å². The molecule has 0 spiro atoms. The average Bonchev–Trinajstić information content (AvgIpc) is 2.58. The van der Waals surface area contributed by atoms with E-state index in [1.807, 2.05) is 24.8 Å². The third-order valence-corrected chi connectivity index (χ3v) is 3.55. The minimum Gasteiger partial charge on any atom is -0.468 e. The van der Waals surface area contributed by atoms with E-state index in [1.54, 1.807) is 6.26 Å². The van der Waals surface area contributed by atoms with Crippen LogP contribution in [0.5, 0.6) is 0 Å². The van der Waals surface area contributed by atoms with E-state index in [1.165, 1.54) is 4.90 Å². The summed E-state index contributed by atoms with van der Waals surface area (Å²) in [5.74, 6) is 2.88. The molecule has 3 heteroatoms. The first-order chi connectivity index (χ1) is 6.74. The molecule has 0 saturated heterocycles. The highest BCUT2D eigenvalue weighted by atomic mass is 32.2. The average molecular weight is 213 g/mol. The Bertz CT molecular complexity index is 260. The van der Waals surface area contributed by atoms with Crippen LogP contribution in [0, 0.1) is 12.8 Å². The number of hydrogen-bond donors (Lipinski definition) is 1. The zero-order valence-corrected chi connectivity index (χ0v) is 9.99. The van der Waals surface area contributed by atoms with Gasteiger partial charge in [-0.1, -0.05) is 13.8 Å². The standard InChI is InChI=1S/C11H19NOS/c1-4-12-7-9(2)8-14-11-5-6-13-10(11)3/h5-6,9,12H,4,7-8H2,1-3H3. The molecule has 1 unspecified atom stereocenters. The van der Waals surface area contributed by atoms with Crippen molar-refractivity contribution in [3.63, 3.8) is 0 Å². The van der Waals surface area contributed by atoms with Gasteiger partial charge in [0.2, 0.25) is 0 Å². The van der Waals surface area contributed by atoms with E-state index >= 15 is 0 Å². The minimum atomic E-state index is 0.703. The Morgan fingerprint density at radius 1 is 1.57 bits per heavy atom. The molecule has 1 rings (SSSR count). The van der Waals surface area contributed by atoms with Gasteiger partial charge >= 0.3 is 0 Å². The van der Waals surface area contributed by atoms with Crippen molar-refractivity contribution in [1.29, 1.82) is 0 Å². The molecule has 0 bridgehead atoms. The number of aryl methyl sites for hydroxylation is 1. The van der Waals surface area contributed by atoms with Gasteiger partial charge in [-0.25, -0.2) is 0 Å². The van der Waals surface area contributed by atoms with E-state index in [2.05, 4.69) is 19.2 Å². The summed E-state index contributed by atoms with van der Waals surface area (Å²) in [5, 5.41) is 3.36. The van der Waals surface area contributed by atoms with Gasteiger partial charge in [-0.05, 0) is 32.0 Å². The summed E-state index contributed by atoms with van der Waals surface area (Å²) in [5.41, 5.74) is 0. The normalized spacial score (nSPS) is 13.1. The van der Waals surface area contributed by atoms with Gasteiger partial charge in [0.25, 0.3) is 0 Å². The van der Waals surface area contributed by atoms with Crippen molar-refractivity contribution in [1.82, 2.24) is 5.32 Å². The molecule has 0 radical (unpaired) electrons. The number of hydrogen-bond acceptors (Lipinski definition) is 3. The molecule has 0 aromatic carbocycles. The van der Waals surface area contributed by atoms with E-state index in [0.717, 1.165) is 24.6 Å². The van der Waals surface area contributed by atoms with Crippen LogP contribution in [-0.4, -0.2) is 18.8 Å². The molecule has 14 heavy (non-hydrogen) atoms. The topological polar surface area (TPSA) is 25.2 Å². The molecule has 0 amide bonds. The maximum absolute atomic E-state index is 5.24. The van der Waals surface area contributed by atoms with Crippen molar-refractivity contribution < 1.29 is 4.42 Å². The van der Waals surface area contributed by atoms with Crippen LogP contribution < -0.4 is 5.32 Å². The van der Waals surface area contributed by atoms with Gasteiger partial charge in [0.1, 0.15) is 5.76 Å². The largest absolute Gasteiger partial charge is 0.468 e. The van der Waals surface area contributed by atoms with E-state index < -0.39 is 0 Å². The summed E-state index contributed by atoms with van der Waals surface area (Å²) in [6.07, 6.45) is 1.76. The smallest absolute Gasteiger partial charge is 0.114 e. The fourth-order valence-corrected chi connectivity index (χ4v) is 2.19. The van der Waals surface area contributed by atoms with Crippen LogP contribution in [0.2, 0.25) is 0 Å². The zero-order valence-electron chi connectivity index (χ0n) is 9.17. The molecule has 1 N–H and O–H groups in total. The van der Waals surface area contributed by atoms with Gasteiger partial charge < -0.3 is 9.73 Å². The van der Waals surface area contributed by atoms with Crippen molar-refractivity contribution in [2.75, 3.05) is 18.8 Å². The predicted octanol–water partition coefficient (Wildman–Crippen LogP) is 2.93. The van der Waals surface area contributed by atoms with Crippen molar-refractivity contribution in [2.45, 2.75) is 25.7 Å². The molecule has 1 atom stereocenters. The van der Waals surface area contributed by atoms with Crippen LogP contribution in [0.15, 0.2) is 21.6 Å². The lowest BCUT2D eigenvalue weighted by Gasteiger charge is -2.10. The third-order valence-electron chi connectivity index (χ3n) is 2.08. The van der Waals surface area contributed by atoms with Crippen LogP contribution in [0.25, 0.3) is 0 Å². The maximum Gasteiger partial charge on any atom is 0.114 e. The Kier molecular flexibility index (Phi) is 5.12. The molecule has 80 valence electrons. The van der Waals surface area contributed by atoms with E-state index in [0.29, 0.717) is 5.92 Å². The molecule has 0 aliphatic heterocycles. The van der Waals surface area contributed by atoms with Crippen molar-refractivity contribution in [3.05, 3.63) is 18.1 Å². The summed E-state index contributed by atoms with van der Waals surface area (Å²) in [4.78, 5) is 1.27. The summed E-state index contributed by atoms with van der Waals surface area (Å²) in [6.45, 7) is 8.57. The fraction of sp³-hybridized carbons (Fsp3) is 0.636. The van der Waals surface area contributed by atoms with Gasteiger partial charge in [0.15, 0.2) is 0 Å². The SMILES string of the molecule is CCNCC(C)CSc1ccoc1C. The molecular formula is C11H19NOS. The molecule has 0 aliphatic rings. The Balaban J connectivity index is 2.23. The molecule has 1 aromatic heterocycles. The van der Waals surface area contributed by atoms with E-state index in [4.69, 9.17) is 4.42 Å². The second kappa shape index (κ2) is 6.14. The van der Waals surface area contributed by atoms with Gasteiger partial charge in [0.05, 0.1) is 6.26 Å². The lowest BCUT2D eigenvalue weighted by Crippen LogP contribution is -2.21. The predicted molar refractivity (Wildman–Crippen MR) is 61.9 cm³/mol. The summed E-state index contributed by atoms with van der Waals surface area (Å²) >= 11 is 1.88. The highest BCUT2D eigenvalue weighted by molar-refractivity contribution is 7.99. The van der Waals surface area contributed by atoms with Crippen LogP contribution >= 0.6 is 11.8 Å². The molecule has 0 aliphatic carbocycles. The summed E-state index contributed by atoms with van der Waals surface area (Å²) < 4.78 is 5.24. The van der Waals surface area contributed by atoms with E-state index in [-0.39, 0.29) is 0 Å². The van der Waals surface area contributed by atoms with Crippen molar-refractivity contribution in [2.24, 2.45) is 5.92 Å². The molecule has 1 aromatic rings.